The van der Waals surface area contributed by atoms with Crippen LogP contribution in [0.5, 0.6) is 0 Å². The average molecular weight is 577 g/mol. The Morgan fingerprint density at radius 2 is 1.80 bits per heavy atom. The number of anilines is 1. The third kappa shape index (κ3) is 6.43. The van der Waals surface area contributed by atoms with Crippen molar-refractivity contribution in [3.05, 3.63) is 77.7 Å². The van der Waals surface area contributed by atoms with E-state index < -0.39 is 0 Å². The Labute approximate surface area is 252 Å². The van der Waals surface area contributed by atoms with Gasteiger partial charge in [-0.15, -0.1) is 0 Å². The first-order valence-electron chi connectivity index (χ1n) is 15.2. The van der Waals surface area contributed by atoms with Gasteiger partial charge in [-0.1, -0.05) is 72.2 Å². The smallest absolute Gasteiger partial charge is 0.148 e. The van der Waals surface area contributed by atoms with Crippen LogP contribution in [0.25, 0.3) is 11.0 Å². The van der Waals surface area contributed by atoms with Gasteiger partial charge in [0.05, 0.1) is 29.5 Å². The zero-order valence-electron chi connectivity index (χ0n) is 26.2. The number of benzene rings is 1. The lowest BCUT2D eigenvalue weighted by molar-refractivity contribution is 0.252. The molecule has 4 rings (SSSR count). The van der Waals surface area contributed by atoms with E-state index in [2.05, 4.69) is 88.3 Å². The Kier molecular flexibility index (Phi) is 9.13. The van der Waals surface area contributed by atoms with Gasteiger partial charge in [0.1, 0.15) is 11.6 Å². The summed E-state index contributed by atoms with van der Waals surface area (Å²) in [4.78, 5) is 11.8. The molecular weight excluding hydrogens is 528 g/mol. The van der Waals surface area contributed by atoms with Crippen molar-refractivity contribution in [3.63, 3.8) is 0 Å². The molecule has 6 nitrogen and oxygen atoms in total. The molecule has 0 spiro atoms. The fourth-order valence-corrected chi connectivity index (χ4v) is 6.75. The lowest BCUT2D eigenvalue weighted by Crippen LogP contribution is -2.42. The van der Waals surface area contributed by atoms with Crippen molar-refractivity contribution in [1.82, 2.24) is 20.0 Å². The first kappa shape index (κ1) is 31.0. The molecule has 2 aromatic heterocycles. The molecule has 1 aromatic carbocycles. The Morgan fingerprint density at radius 1 is 1.05 bits per heavy atom. The number of aromatic nitrogens is 3. The Bertz CT molecular complexity index is 1400. The van der Waals surface area contributed by atoms with Crippen molar-refractivity contribution in [2.75, 3.05) is 10.3 Å². The Morgan fingerprint density at radius 3 is 2.49 bits per heavy atom. The third-order valence-electron chi connectivity index (χ3n) is 8.84. The molecule has 0 saturated carbocycles. The topological polar surface area (TPSA) is 58.0 Å². The van der Waals surface area contributed by atoms with Gasteiger partial charge in [-0.25, -0.2) is 9.66 Å². The van der Waals surface area contributed by atoms with Gasteiger partial charge in [-0.2, -0.15) is 0 Å². The van der Waals surface area contributed by atoms with E-state index in [-0.39, 0.29) is 11.0 Å². The number of halogens is 1. The van der Waals surface area contributed by atoms with Crippen molar-refractivity contribution in [2.45, 2.75) is 111 Å². The normalized spacial score (nSPS) is 17.3. The second-order valence-corrected chi connectivity index (χ2v) is 13.6. The largest absolute Gasteiger partial charge is 0.366 e. The number of pyridine rings is 1. The molecule has 2 N–H and O–H groups in total. The van der Waals surface area contributed by atoms with Gasteiger partial charge in [0.25, 0.3) is 0 Å². The summed E-state index contributed by atoms with van der Waals surface area (Å²) in [6.07, 6.45) is 11.6. The van der Waals surface area contributed by atoms with E-state index in [1.165, 1.54) is 18.4 Å². The number of imidazole rings is 1. The Hall–Kier alpha value is -2.99. The van der Waals surface area contributed by atoms with Gasteiger partial charge in [-0.05, 0) is 81.2 Å². The number of hydrogen-bond acceptors (Lipinski definition) is 5. The van der Waals surface area contributed by atoms with Gasteiger partial charge in [0.15, 0.2) is 0 Å². The fourth-order valence-electron chi connectivity index (χ4n) is 6.58. The summed E-state index contributed by atoms with van der Waals surface area (Å²) in [5, 5.41) is 4.31. The zero-order chi connectivity index (χ0) is 30.0. The number of rotatable bonds is 14. The summed E-state index contributed by atoms with van der Waals surface area (Å²) in [6, 6.07) is 7.97. The molecule has 7 heteroatoms. The molecule has 0 aliphatic carbocycles. The highest BCUT2D eigenvalue weighted by Crippen LogP contribution is 2.52. The number of nitrogens with one attached hydrogen (secondary N) is 2. The number of fused-ring (bicyclic) bond motifs is 2. The molecule has 3 aromatic rings. The molecule has 0 fully saturated rings. The van der Waals surface area contributed by atoms with Crippen LogP contribution in [0.15, 0.2) is 61.3 Å². The van der Waals surface area contributed by atoms with Gasteiger partial charge < -0.3 is 10.2 Å². The van der Waals surface area contributed by atoms with Crippen LogP contribution in [-0.2, 0) is 12.0 Å². The van der Waals surface area contributed by atoms with Crippen molar-refractivity contribution >= 4 is 28.3 Å². The molecule has 1 unspecified atom stereocenters. The summed E-state index contributed by atoms with van der Waals surface area (Å²) in [7, 11) is 0. The predicted molar refractivity (Wildman–Crippen MR) is 175 cm³/mol. The van der Waals surface area contributed by atoms with E-state index in [4.69, 9.17) is 16.6 Å². The van der Waals surface area contributed by atoms with Crippen LogP contribution in [0.1, 0.15) is 105 Å². The monoisotopic (exact) mass is 576 g/mol. The molecule has 1 aliphatic rings. The summed E-state index contributed by atoms with van der Waals surface area (Å²) in [5.41, 5.74) is 8.93. The van der Waals surface area contributed by atoms with Crippen LogP contribution < -0.4 is 15.6 Å². The van der Waals surface area contributed by atoms with E-state index in [1.54, 1.807) is 0 Å². The van der Waals surface area contributed by atoms with Crippen LogP contribution in [0.4, 0.5) is 5.69 Å². The third-order valence-corrected chi connectivity index (χ3v) is 9.08. The molecule has 1 atom stereocenters. The molecule has 1 aliphatic heterocycles. The standard InChI is InChI=1S/C34H49ClN6/c1-10-16-32(6,7)18-19-33(8,9)38-25(5)39-41-29-21-26(35)13-14-28(29)37-31(41)23-40-24(4)34(12-3,17-11-2)27-15-20-36-22-30(27)40/h13-15,20-22,38-39H,4-5,10-12,16-19,23H2,1-3,6-9H3. The average Bonchev–Trinajstić information content (AvgIpc) is 3.35. The second-order valence-electron chi connectivity index (χ2n) is 13.1. The molecule has 0 amide bonds. The summed E-state index contributed by atoms with van der Waals surface area (Å²) in [5.74, 6) is 1.58. The van der Waals surface area contributed by atoms with Crippen LogP contribution >= 0.6 is 11.6 Å². The van der Waals surface area contributed by atoms with Crippen LogP contribution in [0, 0.1) is 5.41 Å². The minimum Gasteiger partial charge on any atom is -0.366 e. The number of nitrogens with zero attached hydrogens (tertiary/aromatic N) is 4. The van der Waals surface area contributed by atoms with Crippen LogP contribution in [-0.4, -0.2) is 20.2 Å². The fraction of sp³-hybridized carbons (Fsp3) is 0.529. The second kappa shape index (κ2) is 12.1. The number of hydrogen-bond donors (Lipinski definition) is 2. The quantitative estimate of drug-likeness (QED) is 0.200. The maximum Gasteiger partial charge on any atom is 0.148 e. The molecule has 3 heterocycles. The van der Waals surface area contributed by atoms with Crippen LogP contribution in [0.3, 0.4) is 0 Å². The van der Waals surface area contributed by atoms with Crippen molar-refractivity contribution < 1.29 is 0 Å². The van der Waals surface area contributed by atoms with Gasteiger partial charge in [0.2, 0.25) is 0 Å². The van der Waals surface area contributed by atoms with E-state index >= 15 is 0 Å². The predicted octanol–water partition coefficient (Wildman–Crippen LogP) is 9.06. The first-order chi connectivity index (χ1) is 19.4. The van der Waals surface area contributed by atoms with Gasteiger partial charge in [0, 0.05) is 27.9 Å². The van der Waals surface area contributed by atoms with E-state index in [0.29, 0.717) is 17.0 Å². The highest BCUT2D eigenvalue weighted by atomic mass is 35.5. The summed E-state index contributed by atoms with van der Waals surface area (Å²) < 4.78 is 2.02. The number of allylic oxidation sites excluding steroid dienone is 1. The summed E-state index contributed by atoms with van der Waals surface area (Å²) in [6.45, 7) is 25.5. The molecule has 0 saturated heterocycles. The molecule has 222 valence electrons. The molecular formula is C34H49ClN6. The maximum atomic E-state index is 6.46. The van der Waals surface area contributed by atoms with Crippen LogP contribution in [0.2, 0.25) is 5.02 Å². The Balaban J connectivity index is 1.63. The van der Waals surface area contributed by atoms with Crippen molar-refractivity contribution in [2.24, 2.45) is 5.41 Å². The van der Waals surface area contributed by atoms with E-state index in [1.807, 2.05) is 35.3 Å². The SMILES string of the molecule is C=C(Nn1c(CN2C(=C)C(CC)(CCC)c3ccncc32)nc2ccc(Cl)cc21)NC(C)(C)CCC(C)(C)CCC. The van der Waals surface area contributed by atoms with Gasteiger partial charge in [-0.3, -0.25) is 10.4 Å². The zero-order valence-corrected chi connectivity index (χ0v) is 27.0. The minimum atomic E-state index is -0.127. The lowest BCUT2D eigenvalue weighted by Gasteiger charge is -2.34. The van der Waals surface area contributed by atoms with E-state index in [0.717, 1.165) is 66.2 Å². The van der Waals surface area contributed by atoms with E-state index in [9.17, 15) is 0 Å². The highest BCUT2D eigenvalue weighted by Gasteiger charge is 2.44. The lowest BCUT2D eigenvalue weighted by atomic mass is 9.74. The summed E-state index contributed by atoms with van der Waals surface area (Å²) >= 11 is 6.46. The van der Waals surface area contributed by atoms with Gasteiger partial charge >= 0.3 is 0 Å². The maximum absolute atomic E-state index is 6.46. The highest BCUT2D eigenvalue weighted by molar-refractivity contribution is 6.31. The van der Waals surface area contributed by atoms with Crippen molar-refractivity contribution in [3.8, 4) is 0 Å². The molecule has 41 heavy (non-hydrogen) atoms. The minimum absolute atomic E-state index is 0.0959. The first-order valence-corrected chi connectivity index (χ1v) is 15.6. The molecule has 0 radical (unpaired) electrons. The van der Waals surface area contributed by atoms with Crippen molar-refractivity contribution in [1.29, 1.82) is 0 Å². The molecule has 0 bridgehead atoms.